The zero-order chi connectivity index (χ0) is 11.1. The van der Waals surface area contributed by atoms with Crippen molar-refractivity contribution in [3.05, 3.63) is 0 Å². The lowest BCUT2D eigenvalue weighted by Gasteiger charge is -2.25. The molecule has 1 aliphatic heterocycles. The van der Waals surface area contributed by atoms with E-state index in [4.69, 9.17) is 4.74 Å². The summed E-state index contributed by atoms with van der Waals surface area (Å²) in [5.41, 5.74) is 0. The molecule has 0 radical (unpaired) electrons. The Morgan fingerprint density at radius 3 is 2.53 bits per heavy atom. The molecule has 1 rings (SSSR count). The summed E-state index contributed by atoms with van der Waals surface area (Å²) < 4.78 is 5.32. The average Bonchev–Trinajstić information content (AvgIpc) is 2.25. The smallest absolute Gasteiger partial charge is 0.0584 e. The second kappa shape index (κ2) is 7.20. The third-order valence-electron chi connectivity index (χ3n) is 3.01. The molecule has 0 aromatic heterocycles. The van der Waals surface area contributed by atoms with Gasteiger partial charge in [-0.2, -0.15) is 0 Å². The van der Waals surface area contributed by atoms with Crippen LogP contribution in [0.1, 0.15) is 33.1 Å². The lowest BCUT2D eigenvalue weighted by atomic mass is 9.99. The number of hydrogen-bond acceptors (Lipinski definition) is 3. The van der Waals surface area contributed by atoms with Crippen LogP contribution in [-0.4, -0.2) is 37.5 Å². The van der Waals surface area contributed by atoms with Crippen LogP contribution in [0.4, 0.5) is 0 Å². The zero-order valence-electron chi connectivity index (χ0n) is 10.0. The second-order valence-corrected chi connectivity index (χ2v) is 4.97. The molecule has 0 unspecified atom stereocenters. The van der Waals surface area contributed by atoms with Gasteiger partial charge in [0.25, 0.3) is 0 Å². The lowest BCUT2D eigenvalue weighted by molar-refractivity contribution is 0.0642. The van der Waals surface area contributed by atoms with E-state index in [0.29, 0.717) is 5.92 Å². The van der Waals surface area contributed by atoms with E-state index in [1.807, 2.05) is 0 Å². The minimum Gasteiger partial charge on any atom is -0.395 e. The summed E-state index contributed by atoms with van der Waals surface area (Å²) in [5.74, 6) is 1.38. The third-order valence-corrected chi connectivity index (χ3v) is 3.01. The van der Waals surface area contributed by atoms with Crippen LogP contribution in [0.2, 0.25) is 0 Å². The van der Waals surface area contributed by atoms with Gasteiger partial charge >= 0.3 is 0 Å². The molecule has 15 heavy (non-hydrogen) atoms. The summed E-state index contributed by atoms with van der Waals surface area (Å²) in [6, 6.07) is 0.271. The molecule has 1 atom stereocenters. The van der Waals surface area contributed by atoms with Crippen LogP contribution < -0.4 is 5.32 Å². The summed E-state index contributed by atoms with van der Waals surface area (Å²) in [7, 11) is 0. The highest BCUT2D eigenvalue weighted by molar-refractivity contribution is 4.72. The number of nitrogens with one attached hydrogen (secondary N) is 1. The van der Waals surface area contributed by atoms with E-state index >= 15 is 0 Å². The average molecular weight is 215 g/mol. The summed E-state index contributed by atoms with van der Waals surface area (Å²) in [6.07, 6.45) is 3.37. The Morgan fingerprint density at radius 2 is 2.00 bits per heavy atom. The molecule has 1 fully saturated rings. The van der Waals surface area contributed by atoms with Gasteiger partial charge in [0.1, 0.15) is 0 Å². The molecular formula is C12H25NO2. The first-order valence-electron chi connectivity index (χ1n) is 6.14. The topological polar surface area (TPSA) is 41.5 Å². The highest BCUT2D eigenvalue weighted by Gasteiger charge is 2.16. The van der Waals surface area contributed by atoms with E-state index in [9.17, 15) is 5.11 Å². The van der Waals surface area contributed by atoms with Crippen molar-refractivity contribution in [2.24, 2.45) is 11.8 Å². The Kier molecular flexibility index (Phi) is 6.22. The lowest BCUT2D eigenvalue weighted by Crippen LogP contribution is -2.38. The Labute approximate surface area is 93.2 Å². The van der Waals surface area contributed by atoms with Crippen LogP contribution in [0.15, 0.2) is 0 Å². The van der Waals surface area contributed by atoms with E-state index in [-0.39, 0.29) is 12.6 Å². The molecule has 3 nitrogen and oxygen atoms in total. The van der Waals surface area contributed by atoms with E-state index in [2.05, 4.69) is 19.2 Å². The molecule has 0 amide bonds. The maximum Gasteiger partial charge on any atom is 0.0584 e. The summed E-state index contributed by atoms with van der Waals surface area (Å²) in [4.78, 5) is 0. The van der Waals surface area contributed by atoms with Gasteiger partial charge in [0.15, 0.2) is 0 Å². The van der Waals surface area contributed by atoms with Crippen molar-refractivity contribution in [3.63, 3.8) is 0 Å². The molecule has 0 saturated carbocycles. The predicted molar refractivity (Wildman–Crippen MR) is 61.9 cm³/mol. The first-order valence-corrected chi connectivity index (χ1v) is 6.14. The fourth-order valence-corrected chi connectivity index (χ4v) is 2.08. The highest BCUT2D eigenvalue weighted by atomic mass is 16.5. The van der Waals surface area contributed by atoms with Crippen molar-refractivity contribution in [2.45, 2.75) is 39.2 Å². The van der Waals surface area contributed by atoms with Gasteiger partial charge in [-0.25, -0.2) is 0 Å². The van der Waals surface area contributed by atoms with Gasteiger partial charge in [0, 0.05) is 19.3 Å². The largest absolute Gasteiger partial charge is 0.395 e. The molecule has 1 aliphatic rings. The summed E-state index contributed by atoms with van der Waals surface area (Å²) in [5, 5.41) is 12.7. The number of aliphatic hydroxyl groups excluding tert-OH is 1. The van der Waals surface area contributed by atoms with Crippen molar-refractivity contribution < 1.29 is 9.84 Å². The van der Waals surface area contributed by atoms with Gasteiger partial charge in [-0.15, -0.1) is 0 Å². The van der Waals surface area contributed by atoms with Gasteiger partial charge in [-0.05, 0) is 37.6 Å². The molecule has 1 saturated heterocycles. The molecule has 90 valence electrons. The molecule has 0 aromatic carbocycles. The highest BCUT2D eigenvalue weighted by Crippen LogP contribution is 2.14. The Morgan fingerprint density at radius 1 is 1.33 bits per heavy atom. The van der Waals surface area contributed by atoms with E-state index in [1.165, 1.54) is 0 Å². The Bertz CT molecular complexity index is 156. The number of rotatable bonds is 6. The minimum atomic E-state index is 0.251. The van der Waals surface area contributed by atoms with Crippen LogP contribution in [-0.2, 0) is 4.74 Å². The molecule has 2 N–H and O–H groups in total. The van der Waals surface area contributed by atoms with Crippen molar-refractivity contribution in [1.82, 2.24) is 5.32 Å². The van der Waals surface area contributed by atoms with Crippen LogP contribution >= 0.6 is 0 Å². The molecule has 0 bridgehead atoms. The van der Waals surface area contributed by atoms with E-state index in [0.717, 1.165) is 44.9 Å². The molecule has 1 heterocycles. The van der Waals surface area contributed by atoms with Crippen LogP contribution in [0, 0.1) is 11.8 Å². The van der Waals surface area contributed by atoms with Gasteiger partial charge in [0.2, 0.25) is 0 Å². The molecular weight excluding hydrogens is 190 g/mol. The fourth-order valence-electron chi connectivity index (χ4n) is 2.08. The maximum atomic E-state index is 9.22. The predicted octanol–water partition coefficient (Wildman–Crippen LogP) is 1.41. The van der Waals surface area contributed by atoms with Gasteiger partial charge in [0.05, 0.1) is 6.61 Å². The second-order valence-electron chi connectivity index (χ2n) is 4.97. The number of ether oxygens (including phenoxy) is 1. The minimum absolute atomic E-state index is 0.251. The van der Waals surface area contributed by atoms with Gasteiger partial charge < -0.3 is 15.2 Å². The SMILES string of the molecule is CC(C)C[C@H](CO)NCC1CCOCC1. The van der Waals surface area contributed by atoms with Crippen molar-refractivity contribution in [1.29, 1.82) is 0 Å². The van der Waals surface area contributed by atoms with Gasteiger partial charge in [-0.1, -0.05) is 13.8 Å². The van der Waals surface area contributed by atoms with E-state index < -0.39 is 0 Å². The standard InChI is InChI=1S/C12H25NO2/c1-10(2)7-12(9-14)13-8-11-3-5-15-6-4-11/h10-14H,3-9H2,1-2H3/t12-/m1/s1. The molecule has 0 aromatic rings. The number of aliphatic hydroxyl groups is 1. The van der Waals surface area contributed by atoms with E-state index in [1.54, 1.807) is 0 Å². The Balaban J connectivity index is 2.14. The molecule has 3 heteroatoms. The molecule has 0 aliphatic carbocycles. The maximum absolute atomic E-state index is 9.22. The normalized spacial score (nSPS) is 20.8. The van der Waals surface area contributed by atoms with Gasteiger partial charge in [-0.3, -0.25) is 0 Å². The van der Waals surface area contributed by atoms with Crippen LogP contribution in [0.5, 0.6) is 0 Å². The van der Waals surface area contributed by atoms with Crippen LogP contribution in [0.3, 0.4) is 0 Å². The quantitative estimate of drug-likeness (QED) is 0.704. The first-order chi connectivity index (χ1) is 7.22. The third kappa shape index (κ3) is 5.50. The van der Waals surface area contributed by atoms with Crippen molar-refractivity contribution >= 4 is 0 Å². The van der Waals surface area contributed by atoms with Crippen molar-refractivity contribution in [3.8, 4) is 0 Å². The van der Waals surface area contributed by atoms with Crippen LogP contribution in [0.25, 0.3) is 0 Å². The monoisotopic (exact) mass is 215 g/mol. The Hall–Kier alpha value is -0.120. The summed E-state index contributed by atoms with van der Waals surface area (Å²) >= 11 is 0. The fraction of sp³-hybridized carbons (Fsp3) is 1.00. The zero-order valence-corrected chi connectivity index (χ0v) is 10.0. The van der Waals surface area contributed by atoms with Crippen molar-refractivity contribution in [2.75, 3.05) is 26.4 Å². The summed E-state index contributed by atoms with van der Waals surface area (Å²) in [6.45, 7) is 7.47. The first kappa shape index (κ1) is 12.9. The molecule has 0 spiro atoms. The number of hydrogen-bond donors (Lipinski definition) is 2.